The Balaban J connectivity index is 2.69. The molecule has 0 amide bonds. The van der Waals surface area contributed by atoms with Crippen molar-refractivity contribution >= 4 is 17.0 Å². The van der Waals surface area contributed by atoms with Gasteiger partial charge in [-0.25, -0.2) is 0 Å². The fourth-order valence-electron chi connectivity index (χ4n) is 1.35. The largest absolute Gasteiger partial charge is 0.507 e. The number of benzene rings is 2. The van der Waals surface area contributed by atoms with Crippen LogP contribution in [0.1, 0.15) is 5.56 Å². The summed E-state index contributed by atoms with van der Waals surface area (Å²) in [5, 5.41) is 14.5. The van der Waals surface area contributed by atoms with Crippen LogP contribution in [0.25, 0.3) is 10.8 Å². The van der Waals surface area contributed by atoms with Gasteiger partial charge in [0.1, 0.15) is 5.75 Å². The lowest BCUT2D eigenvalue weighted by molar-refractivity contribution is 0.481. The first kappa shape index (κ1) is 6.66. The molecule has 0 radical (unpaired) electrons. The molecular weight excluding hydrogens is 162 g/mol. The molecule has 0 atom stereocenters. The molecular formula is C11H9NO. The van der Waals surface area contributed by atoms with Crippen molar-refractivity contribution in [2.75, 3.05) is 0 Å². The summed E-state index contributed by atoms with van der Waals surface area (Å²) in [5.74, 6) is 0.253. The van der Waals surface area contributed by atoms with Gasteiger partial charge in [0.05, 0.1) is 0 Å². The highest BCUT2D eigenvalue weighted by Gasteiger charge is 1.98. The van der Waals surface area contributed by atoms with E-state index in [-0.39, 0.29) is 5.75 Å². The van der Waals surface area contributed by atoms with Gasteiger partial charge in [-0.15, -0.1) is 0 Å². The number of hydrogen-bond acceptors (Lipinski definition) is 2. The molecule has 0 aliphatic rings. The third-order valence-corrected chi connectivity index (χ3v) is 2.03. The average Bonchev–Trinajstić information content (AvgIpc) is 2.20. The molecule has 2 aromatic carbocycles. The van der Waals surface area contributed by atoms with Gasteiger partial charge in [-0.3, -0.25) is 0 Å². The highest BCUT2D eigenvalue weighted by atomic mass is 16.3. The monoisotopic (exact) mass is 172 g/mol. The van der Waals surface area contributed by atoms with Gasteiger partial charge in [0.2, 0.25) is 0 Å². The van der Waals surface area contributed by atoms with E-state index in [0.29, 0.717) is 0 Å². The van der Waals surface area contributed by atoms with Crippen molar-refractivity contribution in [1.82, 2.24) is 0 Å². The first-order valence-electron chi connectivity index (χ1n) is 4.45. The number of aromatic hydroxyl groups is 1. The molecule has 13 heavy (non-hydrogen) atoms. The maximum absolute atomic E-state index is 9.57. The first-order chi connectivity index (χ1) is 6.81. The SMILES string of the molecule is [2H]/N=C\c1ccc2cccc(O)c2c1. The number of nitrogens with one attached hydrogen (secondary N) is 1. The standard InChI is InChI=1S/C11H9NO/c12-7-8-4-5-9-2-1-3-11(13)10(9)6-8/h1-7,12-13H/b12-7-/i/hD. The van der Waals surface area contributed by atoms with E-state index >= 15 is 0 Å². The predicted octanol–water partition coefficient (Wildman–Crippen LogP) is 2.54. The predicted molar refractivity (Wildman–Crippen MR) is 53.5 cm³/mol. The maximum Gasteiger partial charge on any atom is 0.187 e. The van der Waals surface area contributed by atoms with Gasteiger partial charge < -0.3 is 10.5 Å². The Morgan fingerprint density at radius 1 is 1.31 bits per heavy atom. The number of fused-ring (bicyclic) bond motifs is 1. The Kier molecular flexibility index (Phi) is 1.49. The molecule has 0 bridgehead atoms. The van der Waals surface area contributed by atoms with E-state index in [1.54, 1.807) is 12.1 Å². The van der Waals surface area contributed by atoms with E-state index in [1.165, 1.54) is 6.21 Å². The van der Waals surface area contributed by atoms with Gasteiger partial charge in [-0.1, -0.05) is 24.3 Å². The molecule has 0 fully saturated rings. The van der Waals surface area contributed by atoms with Crippen LogP contribution in [0.2, 0.25) is 1.41 Å². The van der Waals surface area contributed by atoms with Gasteiger partial charge in [-0.2, -0.15) is 0 Å². The van der Waals surface area contributed by atoms with Crippen LogP contribution in [0.15, 0.2) is 36.4 Å². The van der Waals surface area contributed by atoms with Gasteiger partial charge in [0, 0.05) is 11.6 Å². The molecule has 0 aliphatic heterocycles. The summed E-state index contributed by atoms with van der Waals surface area (Å²) in [6.07, 6.45) is 1.44. The quantitative estimate of drug-likeness (QED) is 0.638. The molecule has 0 saturated heterocycles. The van der Waals surface area contributed by atoms with Crippen molar-refractivity contribution in [1.29, 1.82) is 5.40 Å². The Bertz CT molecular complexity index is 494. The van der Waals surface area contributed by atoms with Gasteiger partial charge in [-0.05, 0) is 23.1 Å². The van der Waals surface area contributed by atoms with Crippen molar-refractivity contribution in [3.63, 3.8) is 0 Å². The van der Waals surface area contributed by atoms with Crippen molar-refractivity contribution in [2.45, 2.75) is 0 Å². The van der Waals surface area contributed by atoms with Gasteiger partial charge in [0.25, 0.3) is 0 Å². The number of hydrogen-bond donors (Lipinski definition) is 2. The number of phenols is 1. The van der Waals surface area contributed by atoms with Crippen LogP contribution >= 0.6 is 0 Å². The molecule has 2 heteroatoms. The minimum Gasteiger partial charge on any atom is -0.507 e. The summed E-state index contributed by atoms with van der Waals surface area (Å²) in [4.78, 5) is 0. The Morgan fingerprint density at radius 2 is 2.23 bits per heavy atom. The molecule has 2 nitrogen and oxygen atoms in total. The smallest absolute Gasteiger partial charge is 0.187 e. The van der Waals surface area contributed by atoms with Crippen LogP contribution in [-0.4, -0.2) is 11.3 Å². The summed E-state index contributed by atoms with van der Waals surface area (Å²) in [5.41, 5.74) is 0.814. The summed E-state index contributed by atoms with van der Waals surface area (Å²) in [6, 6.07) is 10.9. The molecule has 0 aliphatic carbocycles. The second-order valence-electron chi connectivity index (χ2n) is 2.89. The Labute approximate surface area is 77.4 Å². The molecule has 0 unspecified atom stereocenters. The van der Waals surface area contributed by atoms with Crippen molar-refractivity contribution < 1.29 is 6.52 Å². The third kappa shape index (κ3) is 1.26. The lowest BCUT2D eigenvalue weighted by Gasteiger charge is -2.00. The zero-order valence-corrected chi connectivity index (χ0v) is 6.94. The van der Waals surface area contributed by atoms with E-state index in [0.717, 1.165) is 16.3 Å². The Hall–Kier alpha value is -1.83. The van der Waals surface area contributed by atoms with E-state index in [2.05, 4.69) is 5.40 Å². The Morgan fingerprint density at radius 3 is 3.08 bits per heavy atom. The molecule has 0 spiro atoms. The lowest BCUT2D eigenvalue weighted by atomic mass is 10.1. The van der Waals surface area contributed by atoms with Crippen LogP contribution in [0.5, 0.6) is 5.75 Å². The minimum atomic E-state index is 0.253. The molecule has 0 saturated carbocycles. The van der Waals surface area contributed by atoms with Gasteiger partial charge in [0.15, 0.2) is 1.41 Å². The maximum atomic E-state index is 9.57. The molecule has 64 valence electrons. The zero-order chi connectivity index (χ0) is 9.97. The summed E-state index contributed by atoms with van der Waals surface area (Å²) < 4.78 is 6.71. The highest BCUT2D eigenvalue weighted by Crippen LogP contribution is 2.24. The summed E-state index contributed by atoms with van der Waals surface area (Å²) in [6.45, 7) is 0. The zero-order valence-electron chi connectivity index (χ0n) is 7.94. The van der Waals surface area contributed by atoms with Crippen LogP contribution in [0.3, 0.4) is 0 Å². The normalized spacial score (nSPS) is 12.2. The van der Waals surface area contributed by atoms with E-state index in [1.807, 2.05) is 24.3 Å². The number of phenolic OH excluding ortho intramolecular Hbond substituents is 1. The second kappa shape index (κ2) is 2.90. The first-order valence-corrected chi connectivity index (χ1v) is 4.00. The molecule has 0 aromatic heterocycles. The van der Waals surface area contributed by atoms with Crippen LogP contribution in [0, 0.1) is 5.40 Å². The average molecular weight is 172 g/mol. The third-order valence-electron chi connectivity index (χ3n) is 2.03. The lowest BCUT2D eigenvalue weighted by Crippen LogP contribution is -1.80. The van der Waals surface area contributed by atoms with E-state index in [9.17, 15) is 5.11 Å². The van der Waals surface area contributed by atoms with E-state index < -0.39 is 0 Å². The summed E-state index contributed by atoms with van der Waals surface area (Å²) in [7, 11) is 0. The number of rotatable bonds is 1. The fourth-order valence-corrected chi connectivity index (χ4v) is 1.35. The van der Waals surface area contributed by atoms with Crippen LogP contribution in [-0.2, 0) is 0 Å². The molecule has 2 rings (SSSR count). The van der Waals surface area contributed by atoms with Crippen molar-refractivity contribution in [2.24, 2.45) is 0 Å². The van der Waals surface area contributed by atoms with Crippen LogP contribution in [0.4, 0.5) is 0 Å². The molecule has 0 heterocycles. The highest BCUT2D eigenvalue weighted by molar-refractivity contribution is 5.93. The van der Waals surface area contributed by atoms with Crippen molar-refractivity contribution in [3.05, 3.63) is 42.0 Å². The second-order valence-corrected chi connectivity index (χ2v) is 2.89. The molecule has 2 aromatic rings. The minimum absolute atomic E-state index is 0.253. The van der Waals surface area contributed by atoms with Crippen molar-refractivity contribution in [3.8, 4) is 5.75 Å². The summed E-state index contributed by atoms with van der Waals surface area (Å²) >= 11 is 0. The fraction of sp³-hybridized carbons (Fsp3) is 0. The topological polar surface area (TPSA) is 44.1 Å². The van der Waals surface area contributed by atoms with Gasteiger partial charge >= 0.3 is 0 Å². The molecule has 2 N–H and O–H groups in total. The van der Waals surface area contributed by atoms with E-state index in [4.69, 9.17) is 1.41 Å². The van der Waals surface area contributed by atoms with Crippen LogP contribution < -0.4 is 0 Å².